The number of hydrogen-bond donors (Lipinski definition) is 0. The van der Waals surface area contributed by atoms with E-state index in [0.29, 0.717) is 11.6 Å². The van der Waals surface area contributed by atoms with Crippen LogP contribution in [-0.2, 0) is 9.53 Å². The fourth-order valence-corrected chi connectivity index (χ4v) is 3.10. The molecule has 2 aromatic rings. The highest BCUT2D eigenvalue weighted by atomic mass is 79.9. The molecule has 3 rings (SSSR count). The fraction of sp³-hybridized carbons (Fsp3) is 0.304. The van der Waals surface area contributed by atoms with Gasteiger partial charge in [0.2, 0.25) is 5.90 Å². The molecular weight excluding hydrogens is 418 g/mol. The molecule has 2 aromatic carbocycles. The molecule has 0 saturated heterocycles. The van der Waals surface area contributed by atoms with Crippen molar-refractivity contribution in [2.75, 3.05) is 6.61 Å². The number of aliphatic imine (C=N–C) groups is 1. The Labute approximate surface area is 174 Å². The number of esters is 1. The lowest BCUT2D eigenvalue weighted by Gasteiger charge is -2.07. The Morgan fingerprint density at radius 2 is 1.71 bits per heavy atom. The lowest BCUT2D eigenvalue weighted by molar-refractivity contribution is -0.129. The maximum atomic E-state index is 12.1. The first-order valence-electron chi connectivity index (χ1n) is 9.67. The molecule has 0 atom stereocenters. The third-order valence-electron chi connectivity index (χ3n) is 4.41. The van der Waals surface area contributed by atoms with Gasteiger partial charge in [-0.2, -0.15) is 0 Å². The van der Waals surface area contributed by atoms with Gasteiger partial charge < -0.3 is 9.47 Å². The summed E-state index contributed by atoms with van der Waals surface area (Å²) in [4.78, 5) is 16.5. The van der Waals surface area contributed by atoms with Crippen molar-refractivity contribution in [1.29, 1.82) is 0 Å². The lowest BCUT2D eigenvalue weighted by atomic mass is 10.2. The summed E-state index contributed by atoms with van der Waals surface area (Å²) in [7, 11) is 0. The van der Waals surface area contributed by atoms with Crippen molar-refractivity contribution in [3.63, 3.8) is 0 Å². The van der Waals surface area contributed by atoms with Gasteiger partial charge in [-0.05, 0) is 54.5 Å². The summed E-state index contributed by atoms with van der Waals surface area (Å²) in [6.07, 6.45) is 7.78. The zero-order chi connectivity index (χ0) is 19.8. The van der Waals surface area contributed by atoms with E-state index in [2.05, 4.69) is 27.8 Å². The zero-order valence-electron chi connectivity index (χ0n) is 16.0. The molecule has 0 spiro atoms. The molecule has 0 N–H and O–H groups in total. The Hall–Kier alpha value is -2.40. The summed E-state index contributed by atoms with van der Waals surface area (Å²) >= 11 is 3.40. The lowest BCUT2D eigenvalue weighted by Crippen LogP contribution is -2.05. The Balaban J connectivity index is 1.59. The number of ether oxygens (including phenoxy) is 2. The van der Waals surface area contributed by atoms with Gasteiger partial charge in [0.25, 0.3) is 0 Å². The first-order valence-corrected chi connectivity index (χ1v) is 10.5. The second-order valence-electron chi connectivity index (χ2n) is 6.67. The first-order chi connectivity index (χ1) is 13.7. The SMILES string of the molecule is CCCCCCCOc1ccc(C2=N/C(=C\c3ccc(Br)cc3)C(=O)O2)cc1. The second kappa shape index (κ2) is 10.2. The molecule has 1 heterocycles. The Bertz CT molecular complexity index is 854. The van der Waals surface area contributed by atoms with Crippen LogP contribution in [0.4, 0.5) is 0 Å². The summed E-state index contributed by atoms with van der Waals surface area (Å²) in [6.45, 7) is 2.93. The van der Waals surface area contributed by atoms with Gasteiger partial charge in [0, 0.05) is 10.0 Å². The zero-order valence-corrected chi connectivity index (χ0v) is 17.6. The van der Waals surface area contributed by atoms with Crippen molar-refractivity contribution in [3.05, 3.63) is 69.8 Å². The minimum absolute atomic E-state index is 0.296. The third-order valence-corrected chi connectivity index (χ3v) is 4.94. The van der Waals surface area contributed by atoms with Crippen LogP contribution >= 0.6 is 15.9 Å². The average molecular weight is 442 g/mol. The number of cyclic esters (lactones) is 1. The van der Waals surface area contributed by atoms with Crippen molar-refractivity contribution in [1.82, 2.24) is 0 Å². The number of hydrogen-bond acceptors (Lipinski definition) is 4. The van der Waals surface area contributed by atoms with Gasteiger partial charge in [0.1, 0.15) is 5.75 Å². The van der Waals surface area contributed by atoms with Crippen LogP contribution in [0, 0.1) is 0 Å². The summed E-state index contributed by atoms with van der Waals surface area (Å²) in [5.74, 6) is 0.694. The standard InChI is InChI=1S/C23H24BrNO3/c1-2-3-4-5-6-15-27-20-13-9-18(10-14-20)22-25-21(23(26)28-22)16-17-7-11-19(24)12-8-17/h7-14,16H,2-6,15H2,1H3/b21-16-. The molecule has 0 unspecified atom stereocenters. The summed E-state index contributed by atoms with van der Waals surface area (Å²) in [5, 5.41) is 0. The van der Waals surface area contributed by atoms with E-state index in [1.807, 2.05) is 48.5 Å². The molecule has 0 bridgehead atoms. The topological polar surface area (TPSA) is 47.9 Å². The Morgan fingerprint density at radius 1 is 1.00 bits per heavy atom. The van der Waals surface area contributed by atoms with E-state index in [9.17, 15) is 4.79 Å². The smallest absolute Gasteiger partial charge is 0.363 e. The summed E-state index contributed by atoms with van der Waals surface area (Å²) in [5.41, 5.74) is 1.94. The molecule has 1 aliphatic heterocycles. The van der Waals surface area contributed by atoms with Crippen LogP contribution in [0.3, 0.4) is 0 Å². The number of benzene rings is 2. The number of unbranched alkanes of at least 4 members (excludes halogenated alkanes) is 4. The summed E-state index contributed by atoms with van der Waals surface area (Å²) in [6, 6.07) is 15.1. The third kappa shape index (κ3) is 5.80. The van der Waals surface area contributed by atoms with Crippen LogP contribution in [0.25, 0.3) is 6.08 Å². The molecule has 0 amide bonds. The van der Waals surface area contributed by atoms with Crippen molar-refractivity contribution in [2.24, 2.45) is 4.99 Å². The first kappa shape index (κ1) is 20.3. The number of rotatable bonds is 9. The predicted molar refractivity (Wildman–Crippen MR) is 115 cm³/mol. The number of carbonyl (C=O) groups is 1. The maximum absolute atomic E-state index is 12.1. The van der Waals surface area contributed by atoms with E-state index >= 15 is 0 Å². The van der Waals surface area contributed by atoms with Gasteiger partial charge in [-0.3, -0.25) is 0 Å². The van der Waals surface area contributed by atoms with Gasteiger partial charge in [-0.1, -0.05) is 60.7 Å². The molecule has 5 heteroatoms. The van der Waals surface area contributed by atoms with Gasteiger partial charge >= 0.3 is 5.97 Å². The van der Waals surface area contributed by atoms with E-state index in [0.717, 1.165) is 34.4 Å². The monoisotopic (exact) mass is 441 g/mol. The normalized spacial score (nSPS) is 14.9. The predicted octanol–water partition coefficient (Wildman–Crippen LogP) is 6.14. The number of nitrogens with zero attached hydrogens (tertiary/aromatic N) is 1. The Kier molecular flexibility index (Phi) is 7.43. The van der Waals surface area contributed by atoms with Gasteiger partial charge in [0.15, 0.2) is 5.70 Å². The van der Waals surface area contributed by atoms with E-state index in [1.165, 1.54) is 25.7 Å². The molecule has 146 valence electrons. The van der Waals surface area contributed by atoms with Crippen LogP contribution in [-0.4, -0.2) is 18.5 Å². The molecule has 0 radical (unpaired) electrons. The number of carbonyl (C=O) groups excluding carboxylic acids is 1. The average Bonchev–Trinajstić information content (AvgIpc) is 3.07. The number of halogens is 1. The van der Waals surface area contributed by atoms with Crippen molar-refractivity contribution < 1.29 is 14.3 Å². The molecule has 1 aliphatic rings. The molecule has 28 heavy (non-hydrogen) atoms. The quantitative estimate of drug-likeness (QED) is 0.266. The van der Waals surface area contributed by atoms with Crippen LogP contribution < -0.4 is 4.74 Å². The van der Waals surface area contributed by atoms with Crippen LogP contribution in [0.1, 0.15) is 50.2 Å². The Morgan fingerprint density at radius 3 is 2.43 bits per heavy atom. The van der Waals surface area contributed by atoms with Crippen molar-refractivity contribution in [2.45, 2.75) is 39.0 Å². The largest absolute Gasteiger partial charge is 0.494 e. The minimum atomic E-state index is -0.440. The maximum Gasteiger partial charge on any atom is 0.363 e. The second-order valence-corrected chi connectivity index (χ2v) is 7.59. The highest BCUT2D eigenvalue weighted by Gasteiger charge is 2.24. The van der Waals surface area contributed by atoms with Gasteiger partial charge in [-0.15, -0.1) is 0 Å². The molecular formula is C23H24BrNO3. The van der Waals surface area contributed by atoms with Gasteiger partial charge in [-0.25, -0.2) is 9.79 Å². The minimum Gasteiger partial charge on any atom is -0.494 e. The molecule has 0 aromatic heterocycles. The van der Waals surface area contributed by atoms with Crippen LogP contribution in [0.2, 0.25) is 0 Å². The van der Waals surface area contributed by atoms with Crippen molar-refractivity contribution >= 4 is 33.9 Å². The van der Waals surface area contributed by atoms with Crippen LogP contribution in [0.5, 0.6) is 5.75 Å². The molecule has 0 aliphatic carbocycles. The molecule has 4 nitrogen and oxygen atoms in total. The van der Waals surface area contributed by atoms with Crippen molar-refractivity contribution in [3.8, 4) is 5.75 Å². The highest BCUT2D eigenvalue weighted by molar-refractivity contribution is 9.10. The van der Waals surface area contributed by atoms with Gasteiger partial charge in [0.05, 0.1) is 6.61 Å². The fourth-order valence-electron chi connectivity index (χ4n) is 2.84. The highest BCUT2D eigenvalue weighted by Crippen LogP contribution is 2.22. The van der Waals surface area contributed by atoms with E-state index < -0.39 is 5.97 Å². The van der Waals surface area contributed by atoms with E-state index in [1.54, 1.807) is 6.08 Å². The summed E-state index contributed by atoms with van der Waals surface area (Å²) < 4.78 is 12.1. The molecule has 0 fully saturated rings. The van der Waals surface area contributed by atoms with E-state index in [4.69, 9.17) is 9.47 Å². The van der Waals surface area contributed by atoms with E-state index in [-0.39, 0.29) is 0 Å². The molecule has 0 saturated carbocycles. The van der Waals surface area contributed by atoms with Crippen LogP contribution in [0.15, 0.2) is 63.7 Å².